The number of carboxylic acids is 1. The van der Waals surface area contributed by atoms with Crippen LogP contribution < -0.4 is 5.73 Å². The maximum Gasteiger partial charge on any atom is 0.305 e. The quantitative estimate of drug-likeness (QED) is 0.723. The Labute approximate surface area is 120 Å². The van der Waals surface area contributed by atoms with Gasteiger partial charge in [0, 0.05) is 18.5 Å². The Morgan fingerprint density at radius 3 is 2.70 bits per heavy atom. The monoisotopic (exact) mass is 286 g/mol. The van der Waals surface area contributed by atoms with Crippen molar-refractivity contribution in [2.24, 2.45) is 11.7 Å². The fourth-order valence-corrected chi connectivity index (χ4v) is 2.47. The van der Waals surface area contributed by atoms with Crippen molar-refractivity contribution in [1.29, 1.82) is 0 Å². The van der Waals surface area contributed by atoms with Crippen molar-refractivity contribution in [2.75, 3.05) is 19.8 Å². The normalized spacial score (nSPS) is 22.4. The lowest BCUT2D eigenvalue weighted by molar-refractivity contribution is -0.148. The zero-order valence-electron chi connectivity index (χ0n) is 12.4. The van der Waals surface area contributed by atoms with Gasteiger partial charge in [0.15, 0.2) is 0 Å². The molecule has 0 aromatic rings. The number of nitrogens with two attached hydrogens (primary N) is 1. The maximum absolute atomic E-state index is 12.4. The highest BCUT2D eigenvalue weighted by molar-refractivity contribution is 5.79. The molecule has 1 aliphatic rings. The minimum atomic E-state index is -0.900. The molecule has 6 heteroatoms. The molecule has 20 heavy (non-hydrogen) atoms. The Hall–Kier alpha value is -1.14. The molecule has 116 valence electrons. The molecule has 0 aliphatic carbocycles. The van der Waals surface area contributed by atoms with E-state index in [2.05, 4.69) is 0 Å². The molecule has 0 aromatic heterocycles. The molecule has 1 heterocycles. The molecule has 1 saturated heterocycles. The van der Waals surface area contributed by atoms with Gasteiger partial charge in [0.05, 0.1) is 25.7 Å². The zero-order valence-corrected chi connectivity index (χ0v) is 12.4. The summed E-state index contributed by atoms with van der Waals surface area (Å²) in [6, 6.07) is -0.190. The van der Waals surface area contributed by atoms with Crippen LogP contribution in [0, 0.1) is 5.92 Å². The van der Waals surface area contributed by atoms with E-state index < -0.39 is 5.97 Å². The van der Waals surface area contributed by atoms with E-state index in [0.717, 1.165) is 19.3 Å². The first-order valence-corrected chi connectivity index (χ1v) is 7.27. The summed E-state index contributed by atoms with van der Waals surface area (Å²) in [6.07, 6.45) is 2.55. The number of hydrogen-bond acceptors (Lipinski definition) is 4. The van der Waals surface area contributed by atoms with Crippen molar-refractivity contribution in [1.82, 2.24) is 4.90 Å². The third kappa shape index (κ3) is 5.46. The van der Waals surface area contributed by atoms with Gasteiger partial charge in [-0.05, 0) is 19.8 Å². The Morgan fingerprint density at radius 1 is 1.40 bits per heavy atom. The highest BCUT2D eigenvalue weighted by Gasteiger charge is 2.31. The molecule has 1 amide bonds. The fourth-order valence-electron chi connectivity index (χ4n) is 2.47. The predicted molar refractivity (Wildman–Crippen MR) is 75.2 cm³/mol. The largest absolute Gasteiger partial charge is 0.481 e. The molecule has 3 unspecified atom stereocenters. The molecule has 0 radical (unpaired) electrons. The first kappa shape index (κ1) is 16.9. The number of hydrogen-bond donors (Lipinski definition) is 2. The van der Waals surface area contributed by atoms with Crippen molar-refractivity contribution in [3.05, 3.63) is 0 Å². The van der Waals surface area contributed by atoms with Crippen molar-refractivity contribution in [3.8, 4) is 0 Å². The third-order valence-electron chi connectivity index (χ3n) is 3.64. The Bertz CT molecular complexity index is 333. The van der Waals surface area contributed by atoms with Gasteiger partial charge < -0.3 is 20.5 Å². The van der Waals surface area contributed by atoms with Gasteiger partial charge in [0.25, 0.3) is 0 Å². The summed E-state index contributed by atoms with van der Waals surface area (Å²) in [7, 11) is 0. The Morgan fingerprint density at radius 2 is 2.10 bits per heavy atom. The summed E-state index contributed by atoms with van der Waals surface area (Å²) < 4.78 is 5.28. The second-order valence-corrected chi connectivity index (χ2v) is 5.67. The number of ether oxygens (including phenoxy) is 1. The highest BCUT2D eigenvalue weighted by atomic mass is 16.5. The van der Waals surface area contributed by atoms with Gasteiger partial charge in [-0.15, -0.1) is 0 Å². The van der Waals surface area contributed by atoms with Crippen LogP contribution in [0.25, 0.3) is 0 Å². The van der Waals surface area contributed by atoms with E-state index in [-0.39, 0.29) is 30.3 Å². The van der Waals surface area contributed by atoms with E-state index in [0.29, 0.717) is 19.8 Å². The summed E-state index contributed by atoms with van der Waals surface area (Å²) in [4.78, 5) is 24.9. The Balaban J connectivity index is 2.51. The standard InChI is InChI=1S/C14H26N2O4/c1-10(4-3-5-11(2)15)14(19)16-6-7-20-9-12(16)8-13(17)18/h10-12H,3-9,15H2,1-2H3,(H,17,18). The fraction of sp³-hybridized carbons (Fsp3) is 0.857. The van der Waals surface area contributed by atoms with E-state index in [9.17, 15) is 9.59 Å². The number of carboxylic acid groups (broad SMARTS) is 1. The molecular weight excluding hydrogens is 260 g/mol. The average molecular weight is 286 g/mol. The van der Waals surface area contributed by atoms with Crippen LogP contribution in [0.5, 0.6) is 0 Å². The van der Waals surface area contributed by atoms with Gasteiger partial charge in [-0.25, -0.2) is 0 Å². The van der Waals surface area contributed by atoms with Gasteiger partial charge in [-0.1, -0.05) is 13.3 Å². The minimum absolute atomic E-state index is 0.0317. The van der Waals surface area contributed by atoms with Crippen LogP contribution >= 0.6 is 0 Å². The van der Waals surface area contributed by atoms with E-state index in [4.69, 9.17) is 15.6 Å². The molecule has 6 nitrogen and oxygen atoms in total. The smallest absolute Gasteiger partial charge is 0.305 e. The van der Waals surface area contributed by atoms with Crippen molar-refractivity contribution in [3.63, 3.8) is 0 Å². The van der Waals surface area contributed by atoms with E-state index >= 15 is 0 Å². The summed E-state index contributed by atoms with van der Waals surface area (Å²) in [5, 5.41) is 8.90. The number of amides is 1. The van der Waals surface area contributed by atoms with Crippen LogP contribution in [0.4, 0.5) is 0 Å². The third-order valence-corrected chi connectivity index (χ3v) is 3.64. The second-order valence-electron chi connectivity index (χ2n) is 5.67. The number of aliphatic carboxylic acids is 1. The molecule has 1 fully saturated rings. The predicted octanol–water partition coefficient (Wildman–Crippen LogP) is 0.842. The molecule has 3 atom stereocenters. The second kappa shape index (κ2) is 8.21. The van der Waals surface area contributed by atoms with Crippen LogP contribution in [-0.2, 0) is 14.3 Å². The highest BCUT2D eigenvalue weighted by Crippen LogP contribution is 2.18. The van der Waals surface area contributed by atoms with Crippen LogP contribution in [0.2, 0.25) is 0 Å². The zero-order chi connectivity index (χ0) is 15.1. The van der Waals surface area contributed by atoms with Gasteiger partial charge in [0.2, 0.25) is 5.91 Å². The van der Waals surface area contributed by atoms with Gasteiger partial charge in [-0.2, -0.15) is 0 Å². The average Bonchev–Trinajstić information content (AvgIpc) is 2.37. The first-order chi connectivity index (χ1) is 9.41. The molecule has 1 aliphatic heterocycles. The lowest BCUT2D eigenvalue weighted by atomic mass is 9.99. The Kier molecular flexibility index (Phi) is 6.95. The van der Waals surface area contributed by atoms with Gasteiger partial charge in [-0.3, -0.25) is 9.59 Å². The number of rotatable bonds is 7. The number of nitrogens with zero attached hydrogens (tertiary/aromatic N) is 1. The molecule has 1 rings (SSSR count). The van der Waals surface area contributed by atoms with Crippen molar-refractivity contribution < 1.29 is 19.4 Å². The lowest BCUT2D eigenvalue weighted by Gasteiger charge is -2.36. The van der Waals surface area contributed by atoms with Gasteiger partial charge >= 0.3 is 5.97 Å². The minimum Gasteiger partial charge on any atom is -0.481 e. The number of carbonyl (C=O) groups is 2. The van der Waals surface area contributed by atoms with E-state index in [1.807, 2.05) is 13.8 Å². The van der Waals surface area contributed by atoms with E-state index in [1.165, 1.54) is 0 Å². The van der Waals surface area contributed by atoms with Gasteiger partial charge in [0.1, 0.15) is 0 Å². The summed E-state index contributed by atoms with van der Waals surface area (Å²) >= 11 is 0. The van der Waals surface area contributed by atoms with E-state index in [1.54, 1.807) is 4.90 Å². The SMILES string of the molecule is CC(N)CCCC(C)C(=O)N1CCOCC1CC(=O)O. The molecular formula is C14H26N2O4. The molecule has 0 bridgehead atoms. The summed E-state index contributed by atoms with van der Waals surface area (Å²) in [5.74, 6) is -0.963. The number of morpholine rings is 1. The van der Waals surface area contributed by atoms with Crippen molar-refractivity contribution >= 4 is 11.9 Å². The molecule has 0 spiro atoms. The first-order valence-electron chi connectivity index (χ1n) is 7.27. The van der Waals surface area contributed by atoms with Crippen molar-refractivity contribution in [2.45, 2.75) is 51.6 Å². The molecule has 0 saturated carbocycles. The maximum atomic E-state index is 12.4. The lowest BCUT2D eigenvalue weighted by Crippen LogP contribution is -2.51. The topological polar surface area (TPSA) is 92.9 Å². The molecule has 3 N–H and O–H groups in total. The van der Waals surface area contributed by atoms with Crippen LogP contribution in [0.1, 0.15) is 39.5 Å². The summed E-state index contributed by atoms with van der Waals surface area (Å²) in [6.45, 7) is 5.13. The van der Waals surface area contributed by atoms with Crippen LogP contribution in [0.15, 0.2) is 0 Å². The number of carbonyl (C=O) groups excluding carboxylic acids is 1. The van der Waals surface area contributed by atoms with Crippen LogP contribution in [0.3, 0.4) is 0 Å². The molecule has 0 aromatic carbocycles. The van der Waals surface area contributed by atoms with Crippen LogP contribution in [-0.4, -0.2) is 53.7 Å². The summed E-state index contributed by atoms with van der Waals surface area (Å²) in [5.41, 5.74) is 5.70.